The summed E-state index contributed by atoms with van der Waals surface area (Å²) in [6, 6.07) is 5.11. The minimum atomic E-state index is -3.07. The van der Waals surface area contributed by atoms with E-state index in [0.29, 0.717) is 6.54 Å². The summed E-state index contributed by atoms with van der Waals surface area (Å²) < 4.78 is 40.9. The van der Waals surface area contributed by atoms with Crippen LogP contribution < -0.4 is 5.32 Å². The van der Waals surface area contributed by atoms with Crippen LogP contribution >= 0.6 is 0 Å². The largest absolute Gasteiger partial charge is 0.316 e. The Morgan fingerprint density at radius 3 is 2.69 bits per heavy atom. The van der Waals surface area contributed by atoms with Crippen molar-refractivity contribution in [2.75, 3.05) is 13.1 Å². The van der Waals surface area contributed by atoms with Gasteiger partial charge in [-0.3, -0.25) is 0 Å². The summed E-state index contributed by atoms with van der Waals surface area (Å²) in [4.78, 5) is 0. The van der Waals surface area contributed by atoms with Crippen molar-refractivity contribution in [1.29, 1.82) is 0 Å². The second-order valence-corrected chi connectivity index (χ2v) is 4.25. The molecule has 1 saturated heterocycles. The highest BCUT2D eigenvalue weighted by molar-refractivity contribution is 5.22. The summed E-state index contributed by atoms with van der Waals surface area (Å²) in [5.41, 5.74) is -0.484. The normalized spacial score (nSPS) is 21.3. The Balaban J connectivity index is 2.14. The first-order valence-corrected chi connectivity index (χ1v) is 5.43. The van der Waals surface area contributed by atoms with Crippen LogP contribution in [0.4, 0.5) is 13.2 Å². The number of hydrogen-bond acceptors (Lipinski definition) is 1. The summed E-state index contributed by atoms with van der Waals surface area (Å²) in [5, 5.41) is 3.03. The van der Waals surface area contributed by atoms with Gasteiger partial charge < -0.3 is 5.32 Å². The molecule has 1 heterocycles. The van der Waals surface area contributed by atoms with E-state index in [1.807, 2.05) is 0 Å². The van der Waals surface area contributed by atoms with Gasteiger partial charge >= 0.3 is 0 Å². The smallest absolute Gasteiger partial charge is 0.276 e. The molecule has 1 aromatic rings. The number of benzene rings is 1. The van der Waals surface area contributed by atoms with Crippen LogP contribution in [0.1, 0.15) is 18.4 Å². The monoisotopic (exact) mass is 229 g/mol. The Labute approximate surface area is 92.7 Å². The van der Waals surface area contributed by atoms with Crippen molar-refractivity contribution in [3.63, 3.8) is 0 Å². The third kappa shape index (κ3) is 2.38. The lowest BCUT2D eigenvalue weighted by Gasteiger charge is -2.20. The summed E-state index contributed by atoms with van der Waals surface area (Å²) in [7, 11) is 0. The molecule has 1 N–H and O–H groups in total. The van der Waals surface area contributed by atoms with Crippen molar-refractivity contribution >= 4 is 0 Å². The second kappa shape index (κ2) is 4.45. The fraction of sp³-hybridized carbons (Fsp3) is 0.500. The van der Waals surface area contributed by atoms with Gasteiger partial charge in [-0.05, 0) is 31.5 Å². The average Bonchev–Trinajstić information content (AvgIpc) is 2.70. The van der Waals surface area contributed by atoms with Crippen LogP contribution in [0.2, 0.25) is 0 Å². The predicted octanol–water partition coefficient (Wildman–Crippen LogP) is 2.92. The van der Waals surface area contributed by atoms with Gasteiger partial charge in [-0.15, -0.1) is 0 Å². The lowest BCUT2D eigenvalue weighted by atomic mass is 9.95. The molecule has 0 bridgehead atoms. The molecule has 0 aromatic heterocycles. The quantitative estimate of drug-likeness (QED) is 0.840. The lowest BCUT2D eigenvalue weighted by Crippen LogP contribution is -2.21. The molecule has 0 saturated carbocycles. The van der Waals surface area contributed by atoms with E-state index in [0.717, 1.165) is 25.1 Å². The topological polar surface area (TPSA) is 12.0 Å². The molecule has 1 nitrogen and oxygen atoms in total. The van der Waals surface area contributed by atoms with Crippen molar-refractivity contribution in [3.8, 4) is 0 Å². The van der Waals surface area contributed by atoms with Crippen molar-refractivity contribution in [2.45, 2.75) is 18.8 Å². The first kappa shape index (κ1) is 11.5. The fourth-order valence-corrected chi connectivity index (χ4v) is 2.12. The van der Waals surface area contributed by atoms with Crippen LogP contribution in [0.3, 0.4) is 0 Å². The highest BCUT2D eigenvalue weighted by Crippen LogP contribution is 2.37. The van der Waals surface area contributed by atoms with Gasteiger partial charge in [-0.25, -0.2) is 13.2 Å². The van der Waals surface area contributed by atoms with E-state index in [1.54, 1.807) is 0 Å². The zero-order valence-electron chi connectivity index (χ0n) is 8.85. The molecule has 0 aliphatic carbocycles. The Morgan fingerprint density at radius 2 is 2.06 bits per heavy atom. The van der Waals surface area contributed by atoms with Crippen LogP contribution in [0.15, 0.2) is 24.3 Å². The van der Waals surface area contributed by atoms with Gasteiger partial charge in [0.15, 0.2) is 0 Å². The van der Waals surface area contributed by atoms with Gasteiger partial charge in [0, 0.05) is 6.42 Å². The van der Waals surface area contributed by atoms with Gasteiger partial charge in [0.1, 0.15) is 5.82 Å². The highest BCUT2D eigenvalue weighted by atomic mass is 19.3. The third-order valence-electron chi connectivity index (χ3n) is 2.98. The molecule has 0 spiro atoms. The van der Waals surface area contributed by atoms with Gasteiger partial charge in [0.25, 0.3) is 5.92 Å². The van der Waals surface area contributed by atoms with E-state index in [9.17, 15) is 13.2 Å². The molecular weight excluding hydrogens is 215 g/mol. The van der Waals surface area contributed by atoms with Crippen molar-refractivity contribution in [2.24, 2.45) is 5.92 Å². The molecule has 1 aliphatic rings. The van der Waals surface area contributed by atoms with E-state index in [4.69, 9.17) is 0 Å². The van der Waals surface area contributed by atoms with E-state index < -0.39 is 17.3 Å². The standard InChI is InChI=1S/C12H14F3N/c13-11-4-2-1-3-10(11)12(14,15)7-9-5-6-16-8-9/h1-4,9,16H,5-8H2. The Bertz CT molecular complexity index is 359. The molecule has 1 aliphatic heterocycles. The minimum Gasteiger partial charge on any atom is -0.316 e. The van der Waals surface area contributed by atoms with Crippen LogP contribution in [0.25, 0.3) is 0 Å². The van der Waals surface area contributed by atoms with Crippen molar-refractivity contribution in [3.05, 3.63) is 35.6 Å². The number of halogens is 3. The maximum atomic E-state index is 13.8. The predicted molar refractivity (Wildman–Crippen MR) is 55.9 cm³/mol. The highest BCUT2D eigenvalue weighted by Gasteiger charge is 2.37. The van der Waals surface area contributed by atoms with Gasteiger partial charge in [0.05, 0.1) is 5.56 Å². The van der Waals surface area contributed by atoms with Crippen LogP contribution in [0.5, 0.6) is 0 Å². The maximum Gasteiger partial charge on any atom is 0.276 e. The van der Waals surface area contributed by atoms with Crippen molar-refractivity contribution < 1.29 is 13.2 Å². The van der Waals surface area contributed by atoms with Crippen molar-refractivity contribution in [1.82, 2.24) is 5.32 Å². The molecule has 2 rings (SSSR count). The summed E-state index contributed by atoms with van der Waals surface area (Å²) in [6.45, 7) is 1.38. The molecule has 1 aromatic carbocycles. The molecule has 4 heteroatoms. The maximum absolute atomic E-state index is 13.8. The van der Waals surface area contributed by atoms with Crippen LogP contribution in [-0.2, 0) is 5.92 Å². The molecule has 88 valence electrons. The zero-order chi connectivity index (χ0) is 11.6. The summed E-state index contributed by atoms with van der Waals surface area (Å²) in [5.74, 6) is -3.95. The first-order chi connectivity index (χ1) is 7.59. The SMILES string of the molecule is Fc1ccccc1C(F)(F)CC1CCNC1. The first-order valence-electron chi connectivity index (χ1n) is 5.43. The van der Waals surface area contributed by atoms with E-state index in [2.05, 4.69) is 5.32 Å². The lowest BCUT2D eigenvalue weighted by molar-refractivity contribution is -0.0299. The van der Waals surface area contributed by atoms with Crippen LogP contribution in [0, 0.1) is 11.7 Å². The van der Waals surface area contributed by atoms with E-state index in [1.165, 1.54) is 12.1 Å². The Morgan fingerprint density at radius 1 is 1.31 bits per heavy atom. The third-order valence-corrected chi connectivity index (χ3v) is 2.98. The number of nitrogens with one attached hydrogen (secondary N) is 1. The molecule has 1 atom stereocenters. The fourth-order valence-electron chi connectivity index (χ4n) is 2.12. The number of alkyl halides is 2. The molecule has 16 heavy (non-hydrogen) atoms. The van der Waals surface area contributed by atoms with Gasteiger partial charge in [0.2, 0.25) is 0 Å². The Kier molecular flexibility index (Phi) is 3.19. The molecule has 1 fully saturated rings. The molecule has 0 amide bonds. The molecular formula is C12H14F3N. The molecule has 1 unspecified atom stereocenters. The number of hydrogen-bond donors (Lipinski definition) is 1. The van der Waals surface area contributed by atoms with E-state index >= 15 is 0 Å². The minimum absolute atomic E-state index is 0.0605. The Hall–Kier alpha value is -1.03. The molecule has 0 radical (unpaired) electrons. The van der Waals surface area contributed by atoms with Crippen LogP contribution in [-0.4, -0.2) is 13.1 Å². The summed E-state index contributed by atoms with van der Waals surface area (Å²) in [6.07, 6.45) is 0.463. The van der Waals surface area contributed by atoms with Gasteiger partial charge in [-0.1, -0.05) is 18.2 Å². The van der Waals surface area contributed by atoms with E-state index in [-0.39, 0.29) is 12.3 Å². The number of rotatable bonds is 3. The van der Waals surface area contributed by atoms with Gasteiger partial charge in [-0.2, -0.15) is 0 Å². The summed E-state index contributed by atoms with van der Waals surface area (Å²) >= 11 is 0. The zero-order valence-corrected chi connectivity index (χ0v) is 8.85. The average molecular weight is 229 g/mol. The second-order valence-electron chi connectivity index (χ2n) is 4.25.